The molecule has 3 heterocycles. The number of hydrogen-bond donors (Lipinski definition) is 2. The van der Waals surface area contributed by atoms with Crippen molar-refractivity contribution < 1.29 is 9.53 Å². The lowest BCUT2D eigenvalue weighted by atomic mass is 9.82. The van der Waals surface area contributed by atoms with Crippen molar-refractivity contribution in [2.24, 2.45) is 0 Å². The number of ether oxygens (including phenoxy) is 1. The van der Waals surface area contributed by atoms with Gasteiger partial charge in [0.2, 0.25) is 0 Å². The van der Waals surface area contributed by atoms with Gasteiger partial charge in [-0.05, 0) is 23.5 Å². The highest BCUT2D eigenvalue weighted by Crippen LogP contribution is 2.42. The SMILES string of the molecule is CCCn1c2c(c(=O)[nH]c1=O)C(c1ccc(C(C)C)cc1)C1=C(COC1=O)N2. The number of nitrogens with zero attached hydrogens (tertiary/aromatic N) is 1. The van der Waals surface area contributed by atoms with Gasteiger partial charge in [-0.2, -0.15) is 0 Å². The van der Waals surface area contributed by atoms with Crippen molar-refractivity contribution in [2.45, 2.75) is 45.6 Å². The van der Waals surface area contributed by atoms with Gasteiger partial charge in [-0.15, -0.1) is 0 Å². The molecule has 1 atom stereocenters. The minimum absolute atomic E-state index is 0.112. The van der Waals surface area contributed by atoms with Gasteiger partial charge in [0.1, 0.15) is 12.4 Å². The number of carbonyl (C=O) groups is 1. The second kappa shape index (κ2) is 6.82. The maximum Gasteiger partial charge on any atom is 0.337 e. The van der Waals surface area contributed by atoms with Crippen LogP contribution in [0.25, 0.3) is 0 Å². The maximum atomic E-state index is 12.8. The molecule has 0 saturated heterocycles. The van der Waals surface area contributed by atoms with Crippen molar-refractivity contribution in [1.29, 1.82) is 0 Å². The molecule has 146 valence electrons. The number of benzene rings is 1. The number of carbonyl (C=O) groups excluding carboxylic acids is 1. The second-order valence-corrected chi connectivity index (χ2v) is 7.52. The van der Waals surface area contributed by atoms with Crippen LogP contribution in [0.3, 0.4) is 0 Å². The molecule has 0 spiro atoms. The average Bonchev–Trinajstić information content (AvgIpc) is 3.04. The number of esters is 1. The van der Waals surface area contributed by atoms with Crippen LogP contribution in [0.4, 0.5) is 5.82 Å². The van der Waals surface area contributed by atoms with Crippen molar-refractivity contribution in [3.63, 3.8) is 0 Å². The summed E-state index contributed by atoms with van der Waals surface area (Å²) in [6.45, 7) is 6.75. The van der Waals surface area contributed by atoms with E-state index < -0.39 is 23.1 Å². The van der Waals surface area contributed by atoms with Crippen LogP contribution < -0.4 is 16.6 Å². The van der Waals surface area contributed by atoms with Crippen molar-refractivity contribution in [1.82, 2.24) is 9.55 Å². The predicted octanol–water partition coefficient (Wildman–Crippen LogP) is 2.44. The Labute approximate surface area is 162 Å². The third kappa shape index (κ3) is 2.78. The topological polar surface area (TPSA) is 93.2 Å². The zero-order valence-electron chi connectivity index (χ0n) is 16.2. The van der Waals surface area contributed by atoms with Crippen LogP contribution in [0, 0.1) is 0 Å². The predicted molar refractivity (Wildman–Crippen MR) is 106 cm³/mol. The number of hydrogen-bond acceptors (Lipinski definition) is 5. The molecule has 2 aliphatic heterocycles. The first-order valence-corrected chi connectivity index (χ1v) is 9.56. The fourth-order valence-electron chi connectivity index (χ4n) is 3.93. The molecule has 4 rings (SSSR count). The summed E-state index contributed by atoms with van der Waals surface area (Å²) in [4.78, 5) is 40.1. The van der Waals surface area contributed by atoms with E-state index in [0.717, 1.165) is 12.0 Å². The van der Waals surface area contributed by atoms with E-state index in [4.69, 9.17) is 4.74 Å². The maximum absolute atomic E-state index is 12.8. The highest BCUT2D eigenvalue weighted by atomic mass is 16.5. The number of aromatic amines is 1. The Hall–Kier alpha value is -3.09. The molecule has 28 heavy (non-hydrogen) atoms. The molecule has 0 radical (unpaired) electrons. The first kappa shape index (κ1) is 18.3. The highest BCUT2D eigenvalue weighted by molar-refractivity contribution is 5.96. The first-order chi connectivity index (χ1) is 13.4. The summed E-state index contributed by atoms with van der Waals surface area (Å²) in [7, 11) is 0. The molecule has 0 bridgehead atoms. The van der Waals surface area contributed by atoms with E-state index in [1.54, 1.807) is 0 Å². The monoisotopic (exact) mass is 381 g/mol. The van der Waals surface area contributed by atoms with E-state index in [-0.39, 0.29) is 6.61 Å². The fraction of sp³-hybridized carbons (Fsp3) is 0.381. The van der Waals surface area contributed by atoms with Gasteiger partial charge in [-0.3, -0.25) is 14.3 Å². The smallest absolute Gasteiger partial charge is 0.337 e. The third-order valence-corrected chi connectivity index (χ3v) is 5.36. The molecule has 0 amide bonds. The van der Waals surface area contributed by atoms with Crippen LogP contribution >= 0.6 is 0 Å². The van der Waals surface area contributed by atoms with E-state index in [1.165, 1.54) is 10.1 Å². The minimum Gasteiger partial charge on any atom is -0.456 e. The number of fused-ring (bicyclic) bond motifs is 1. The Balaban J connectivity index is 1.97. The van der Waals surface area contributed by atoms with Gasteiger partial charge in [0.15, 0.2) is 0 Å². The lowest BCUT2D eigenvalue weighted by molar-refractivity contribution is -0.136. The zero-order valence-corrected chi connectivity index (χ0v) is 16.2. The molecule has 0 fully saturated rings. The quantitative estimate of drug-likeness (QED) is 0.794. The van der Waals surface area contributed by atoms with Gasteiger partial charge in [0, 0.05) is 6.54 Å². The van der Waals surface area contributed by atoms with E-state index in [9.17, 15) is 14.4 Å². The van der Waals surface area contributed by atoms with Crippen molar-refractivity contribution in [3.05, 3.63) is 73.1 Å². The normalized spacial score (nSPS) is 18.0. The molecule has 7 heteroatoms. The highest BCUT2D eigenvalue weighted by Gasteiger charge is 2.41. The van der Waals surface area contributed by atoms with Crippen molar-refractivity contribution in [2.75, 3.05) is 11.9 Å². The molecular formula is C21H23N3O4. The number of anilines is 1. The molecule has 7 nitrogen and oxygen atoms in total. The number of nitrogens with one attached hydrogen (secondary N) is 2. The van der Waals surface area contributed by atoms with Crippen molar-refractivity contribution in [3.8, 4) is 0 Å². The summed E-state index contributed by atoms with van der Waals surface area (Å²) in [5, 5.41) is 3.13. The Kier molecular flexibility index (Phi) is 4.45. The number of aromatic nitrogens is 2. The average molecular weight is 381 g/mol. The zero-order chi connectivity index (χ0) is 20.0. The standard InChI is InChI=1S/C21H23N3O4/c1-4-9-24-18-17(19(25)23-21(24)27)15(16-14(22-18)10-28-20(16)26)13-7-5-12(6-8-13)11(2)3/h5-8,11,15,22H,4,9-10H2,1-3H3,(H,23,25,27). The molecule has 1 unspecified atom stereocenters. The van der Waals surface area contributed by atoms with Gasteiger partial charge < -0.3 is 10.1 Å². The van der Waals surface area contributed by atoms with Crippen molar-refractivity contribution >= 4 is 11.8 Å². The molecule has 2 N–H and O–H groups in total. The lowest BCUT2D eigenvalue weighted by Gasteiger charge is -2.28. The summed E-state index contributed by atoms with van der Waals surface area (Å²) < 4.78 is 6.77. The van der Waals surface area contributed by atoms with Gasteiger partial charge in [-0.1, -0.05) is 45.0 Å². The summed E-state index contributed by atoms with van der Waals surface area (Å²) in [6, 6.07) is 7.91. The molecule has 0 saturated carbocycles. The molecule has 1 aromatic carbocycles. The lowest BCUT2D eigenvalue weighted by Crippen LogP contribution is -2.38. The van der Waals surface area contributed by atoms with Crippen LogP contribution in [0.1, 0.15) is 55.7 Å². The van der Waals surface area contributed by atoms with Crippen LogP contribution in [0.15, 0.2) is 45.1 Å². The number of rotatable bonds is 4. The van der Waals surface area contributed by atoms with E-state index in [2.05, 4.69) is 24.1 Å². The summed E-state index contributed by atoms with van der Waals surface area (Å²) >= 11 is 0. The molecular weight excluding hydrogens is 358 g/mol. The third-order valence-electron chi connectivity index (χ3n) is 5.36. The number of H-pyrrole nitrogens is 1. The minimum atomic E-state index is -0.574. The van der Waals surface area contributed by atoms with Crippen LogP contribution in [0.5, 0.6) is 0 Å². The fourth-order valence-corrected chi connectivity index (χ4v) is 3.93. The molecule has 0 aliphatic carbocycles. The number of cyclic esters (lactones) is 1. The molecule has 2 aliphatic rings. The van der Waals surface area contributed by atoms with E-state index >= 15 is 0 Å². The largest absolute Gasteiger partial charge is 0.456 e. The van der Waals surface area contributed by atoms with Gasteiger partial charge in [0.25, 0.3) is 5.56 Å². The summed E-state index contributed by atoms with van der Waals surface area (Å²) in [5.74, 6) is -0.182. The Morgan fingerprint density at radius 2 is 1.89 bits per heavy atom. The summed E-state index contributed by atoms with van der Waals surface area (Å²) in [5.41, 5.74) is 2.49. The van der Waals surface area contributed by atoms with Crippen LogP contribution in [-0.2, 0) is 16.1 Å². The Morgan fingerprint density at radius 1 is 1.18 bits per heavy atom. The van der Waals surface area contributed by atoms with Crippen LogP contribution in [-0.4, -0.2) is 22.1 Å². The molecule has 2 aromatic rings. The Morgan fingerprint density at radius 3 is 2.54 bits per heavy atom. The van der Waals surface area contributed by atoms with Crippen LogP contribution in [0.2, 0.25) is 0 Å². The van der Waals surface area contributed by atoms with Gasteiger partial charge in [-0.25, -0.2) is 9.59 Å². The second-order valence-electron chi connectivity index (χ2n) is 7.52. The Bertz CT molecular complexity index is 1090. The van der Waals surface area contributed by atoms with E-state index in [1.807, 2.05) is 31.2 Å². The van der Waals surface area contributed by atoms with E-state index in [0.29, 0.717) is 35.1 Å². The molecule has 1 aromatic heterocycles. The van der Waals surface area contributed by atoms with Gasteiger partial charge >= 0.3 is 11.7 Å². The van der Waals surface area contributed by atoms with Gasteiger partial charge in [0.05, 0.1) is 22.8 Å². The summed E-state index contributed by atoms with van der Waals surface area (Å²) in [6.07, 6.45) is 0.731. The first-order valence-electron chi connectivity index (χ1n) is 9.56.